The van der Waals surface area contributed by atoms with Crippen LogP contribution in [0, 0.1) is 0 Å². The maximum Gasteiger partial charge on any atom is 0.417 e. The highest BCUT2D eigenvalue weighted by Crippen LogP contribution is 2.41. The number of hydrogen-bond donors (Lipinski definition) is 6. The van der Waals surface area contributed by atoms with Gasteiger partial charge < -0.3 is 50.2 Å². The molecule has 0 aromatic heterocycles. The van der Waals surface area contributed by atoms with E-state index in [4.69, 9.17) is 14.2 Å². The Labute approximate surface area is 311 Å². The molecule has 1 aromatic carbocycles. The molecule has 0 saturated carbocycles. The van der Waals surface area contributed by atoms with Gasteiger partial charge in [0.2, 0.25) is 5.91 Å². The predicted octanol–water partition coefficient (Wildman–Crippen LogP) is 1.76. The number of carbonyl (C=O) groups excluding carboxylic acids is 3. The maximum absolute atomic E-state index is 13.4. The van der Waals surface area contributed by atoms with Crippen molar-refractivity contribution < 1.29 is 80.2 Å². The topological polar surface area (TPSA) is 207 Å². The van der Waals surface area contributed by atoms with Crippen molar-refractivity contribution in [3.05, 3.63) is 34.9 Å². The molecule has 1 spiro atoms. The number of hydrogen-bond acceptors (Lipinski definition) is 11. The van der Waals surface area contributed by atoms with E-state index >= 15 is 0 Å². The second-order valence-corrected chi connectivity index (χ2v) is 15.1. The van der Waals surface area contributed by atoms with Crippen LogP contribution in [0.4, 0.5) is 31.1 Å². The minimum atomic E-state index is -5.48. The zero-order valence-corrected chi connectivity index (χ0v) is 30.5. The van der Waals surface area contributed by atoms with Gasteiger partial charge in [0.15, 0.2) is 5.60 Å². The lowest BCUT2D eigenvalue weighted by atomic mass is 9.81. The fourth-order valence-electron chi connectivity index (χ4n) is 7.12. The van der Waals surface area contributed by atoms with Crippen LogP contribution in [0.2, 0.25) is 0 Å². The Morgan fingerprint density at radius 2 is 1.69 bits per heavy atom. The fraction of sp³-hybridized carbons (Fsp3) is 0.706. The van der Waals surface area contributed by atoms with E-state index in [1.807, 2.05) is 10.2 Å². The van der Waals surface area contributed by atoms with Crippen molar-refractivity contribution in [1.29, 1.82) is 0 Å². The van der Waals surface area contributed by atoms with Gasteiger partial charge in [0, 0.05) is 58.1 Å². The van der Waals surface area contributed by atoms with Crippen molar-refractivity contribution in [2.24, 2.45) is 0 Å². The van der Waals surface area contributed by atoms with Crippen molar-refractivity contribution in [3.63, 3.8) is 0 Å². The van der Waals surface area contributed by atoms with E-state index in [9.17, 15) is 65.9 Å². The van der Waals surface area contributed by atoms with Gasteiger partial charge in [0.1, 0.15) is 17.8 Å². The number of rotatable bonds is 10. The van der Waals surface area contributed by atoms with Gasteiger partial charge in [0.25, 0.3) is 5.91 Å². The summed E-state index contributed by atoms with van der Waals surface area (Å²) >= 11 is 0. The molecule has 3 saturated heterocycles. The summed E-state index contributed by atoms with van der Waals surface area (Å²) in [6.45, 7) is 6.71. The average molecular weight is 801 g/mol. The number of likely N-dealkylation sites (tertiary alicyclic amines) is 1. The van der Waals surface area contributed by atoms with Crippen LogP contribution >= 0.6 is 0 Å². The molecule has 3 aliphatic heterocycles. The zero-order valence-electron chi connectivity index (χ0n) is 30.5. The highest BCUT2D eigenvalue weighted by molar-refractivity contribution is 5.94. The Bertz CT molecular complexity index is 1590. The van der Waals surface area contributed by atoms with Crippen LogP contribution in [0.3, 0.4) is 0 Å². The highest BCUT2D eigenvalue weighted by atomic mass is 19.4. The van der Waals surface area contributed by atoms with E-state index in [1.165, 1.54) is 4.90 Å². The number of halogens is 6. The summed E-state index contributed by atoms with van der Waals surface area (Å²) in [6.07, 6.45) is -19.6. The lowest BCUT2D eigenvalue weighted by Crippen LogP contribution is -2.68. The third-order valence-corrected chi connectivity index (χ3v) is 9.84. The number of alkyl halides is 6. The summed E-state index contributed by atoms with van der Waals surface area (Å²) in [4.78, 5) is 54.0. The molecular weight excluding hydrogens is 754 g/mol. The second kappa shape index (κ2) is 16.4. The summed E-state index contributed by atoms with van der Waals surface area (Å²) in [7, 11) is 0. The predicted molar refractivity (Wildman–Crippen MR) is 176 cm³/mol. The van der Waals surface area contributed by atoms with Crippen LogP contribution in [0.15, 0.2) is 18.2 Å². The molecule has 0 radical (unpaired) electrons. The van der Waals surface area contributed by atoms with Gasteiger partial charge >= 0.3 is 24.4 Å². The summed E-state index contributed by atoms with van der Waals surface area (Å²) in [5.41, 5.74) is -8.70. The number of ether oxygens (including phenoxy) is 3. The van der Waals surface area contributed by atoms with E-state index in [0.717, 1.165) is 6.92 Å². The van der Waals surface area contributed by atoms with E-state index in [1.54, 1.807) is 20.8 Å². The van der Waals surface area contributed by atoms with Gasteiger partial charge in [-0.1, -0.05) is 0 Å². The number of carboxylic acid groups (broad SMARTS) is 1. The number of aliphatic hydroxyl groups excluding tert-OH is 3. The summed E-state index contributed by atoms with van der Waals surface area (Å²) in [5.74, 6) is -3.64. The van der Waals surface area contributed by atoms with E-state index < -0.39 is 113 Å². The van der Waals surface area contributed by atoms with Crippen molar-refractivity contribution >= 4 is 23.9 Å². The zero-order chi connectivity index (χ0) is 41.3. The number of morpholine rings is 1. The largest absolute Gasteiger partial charge is 0.479 e. The van der Waals surface area contributed by atoms with Gasteiger partial charge in [0.05, 0.1) is 48.1 Å². The lowest BCUT2D eigenvalue weighted by molar-refractivity contribution is -0.231. The number of carboxylic acids is 1. The minimum absolute atomic E-state index is 0.0190. The van der Waals surface area contributed by atoms with Crippen molar-refractivity contribution in [2.75, 3.05) is 45.9 Å². The molecule has 3 amide bonds. The highest BCUT2D eigenvalue weighted by Gasteiger charge is 2.56. The van der Waals surface area contributed by atoms with Crippen LogP contribution in [0.25, 0.3) is 0 Å². The van der Waals surface area contributed by atoms with Crippen LogP contribution in [0.1, 0.15) is 68.4 Å². The van der Waals surface area contributed by atoms with Gasteiger partial charge in [-0.3, -0.25) is 14.5 Å². The number of amides is 3. The summed E-state index contributed by atoms with van der Waals surface area (Å²) < 4.78 is 97.1. The number of nitrogens with zero attached hydrogens (tertiary/aromatic N) is 2. The SMILES string of the molecule is CC(=O)N[C@H]1[C@H]([C@H](O)[C@H](O)CNC(=O)c2ccc(C(F)(F)F)c(C(F)(F)F)c2)O[C@@](CCN2CCOC[C@@]23CCN(C(=O)OC(C)(C)C)C3)(C(=O)O)C[C@@H]1O. The Kier molecular flexibility index (Phi) is 13.1. The Morgan fingerprint density at radius 1 is 1.04 bits per heavy atom. The van der Waals surface area contributed by atoms with Gasteiger partial charge in [-0.05, 0) is 45.4 Å². The molecule has 0 bridgehead atoms. The van der Waals surface area contributed by atoms with E-state index in [0.29, 0.717) is 25.6 Å². The first-order valence-electron chi connectivity index (χ1n) is 17.4. The third-order valence-electron chi connectivity index (χ3n) is 9.84. The molecule has 3 fully saturated rings. The summed E-state index contributed by atoms with van der Waals surface area (Å²) in [5, 5.41) is 48.2. The number of carbonyl (C=O) groups is 4. The maximum atomic E-state index is 13.4. The Hall–Kier alpha value is -3.76. The van der Waals surface area contributed by atoms with Crippen LogP contribution in [-0.4, -0.2) is 147 Å². The molecule has 1 aromatic rings. The van der Waals surface area contributed by atoms with Crippen molar-refractivity contribution in [3.8, 4) is 0 Å². The van der Waals surface area contributed by atoms with Crippen LogP contribution < -0.4 is 10.6 Å². The number of benzene rings is 1. The molecule has 7 atom stereocenters. The summed E-state index contributed by atoms with van der Waals surface area (Å²) in [6, 6.07) is -0.952. The molecule has 15 nitrogen and oxygen atoms in total. The second-order valence-electron chi connectivity index (χ2n) is 15.1. The molecule has 3 aliphatic rings. The van der Waals surface area contributed by atoms with Crippen molar-refractivity contribution in [2.45, 2.75) is 107 Å². The molecule has 3 heterocycles. The molecule has 55 heavy (non-hydrogen) atoms. The van der Waals surface area contributed by atoms with Gasteiger partial charge in [-0.15, -0.1) is 0 Å². The fourth-order valence-corrected chi connectivity index (χ4v) is 7.12. The number of aliphatic carboxylic acids is 1. The molecule has 21 heteroatoms. The average Bonchev–Trinajstić information content (AvgIpc) is 3.49. The molecule has 0 aliphatic carbocycles. The first-order valence-corrected chi connectivity index (χ1v) is 17.4. The Balaban J connectivity index is 1.52. The normalized spacial score (nSPS) is 27.7. The molecular formula is C34H46F6N4O11. The third kappa shape index (κ3) is 10.4. The first kappa shape index (κ1) is 44.0. The first-order chi connectivity index (χ1) is 25.3. The molecule has 310 valence electrons. The minimum Gasteiger partial charge on any atom is -0.479 e. The quantitative estimate of drug-likeness (QED) is 0.187. The van der Waals surface area contributed by atoms with Gasteiger partial charge in [-0.2, -0.15) is 26.3 Å². The lowest BCUT2D eigenvalue weighted by Gasteiger charge is -2.49. The van der Waals surface area contributed by atoms with Crippen molar-refractivity contribution in [1.82, 2.24) is 20.4 Å². The number of aliphatic hydroxyl groups is 3. The smallest absolute Gasteiger partial charge is 0.417 e. The van der Waals surface area contributed by atoms with E-state index in [2.05, 4.69) is 5.32 Å². The van der Waals surface area contributed by atoms with E-state index in [-0.39, 0.29) is 44.9 Å². The van der Waals surface area contributed by atoms with Crippen LogP contribution in [-0.2, 0) is 36.2 Å². The molecule has 4 rings (SSSR count). The van der Waals surface area contributed by atoms with Gasteiger partial charge in [-0.25, -0.2) is 9.59 Å². The number of nitrogens with one attached hydrogen (secondary N) is 2. The molecule has 0 unspecified atom stereocenters. The molecule has 6 N–H and O–H groups in total. The van der Waals surface area contributed by atoms with Crippen LogP contribution in [0.5, 0.6) is 0 Å². The Morgan fingerprint density at radius 3 is 2.27 bits per heavy atom. The monoisotopic (exact) mass is 800 g/mol. The standard InChI is InChI=1S/C34H46F6N4O11/c1-18(45)42-24-22(46)14-32(28(50)51,8-10-44-11-12-53-17-31(44)7-9-43(16-31)29(52)55-30(2,3)4)54-26(24)25(48)23(47)15-41-27(49)19-5-6-20(33(35,36)37)21(13-19)34(38,39)40/h5-6,13,22-26,46-48H,7-12,14-17H2,1-4H3,(H,41,49)(H,42,45)(H,50,51)/t22-,23+,24+,25+,26+,31-,32+/m0/s1.